The molecule has 0 bridgehead atoms. The van der Waals surface area contributed by atoms with Gasteiger partial charge in [0.2, 0.25) is 10.0 Å². The number of nitrogens with zero attached hydrogens (tertiary/aromatic N) is 4. The molecule has 8 nitrogen and oxygen atoms in total. The lowest BCUT2D eigenvalue weighted by Crippen LogP contribution is -2.54. The van der Waals surface area contributed by atoms with Crippen LogP contribution >= 0.6 is 0 Å². The number of aromatic amines is 1. The van der Waals surface area contributed by atoms with Crippen LogP contribution in [0.25, 0.3) is 11.0 Å². The second-order valence-electron chi connectivity index (χ2n) is 8.29. The zero-order valence-corrected chi connectivity index (χ0v) is 16.3. The lowest BCUT2D eigenvalue weighted by atomic mass is 9.65. The lowest BCUT2D eigenvalue weighted by Gasteiger charge is -2.44. The largest absolute Gasteiger partial charge is 0.356 e. The monoisotopic (exact) mass is 388 g/mol. The van der Waals surface area contributed by atoms with E-state index in [1.165, 1.54) is 6.33 Å². The summed E-state index contributed by atoms with van der Waals surface area (Å²) in [4.78, 5) is 13.8. The van der Waals surface area contributed by atoms with Crippen LogP contribution in [0.2, 0.25) is 0 Å². The SMILES string of the molecule is CN(c1ncnc2[nH]ccc12)[C@H]1C[C@@H](NS(=O)(=O)C[C@]2(C)C[C@H](C#N)C2)C1. The Labute approximate surface area is 159 Å². The van der Waals surface area contributed by atoms with E-state index in [1.54, 1.807) is 0 Å². The van der Waals surface area contributed by atoms with E-state index in [2.05, 4.69) is 30.6 Å². The highest BCUT2D eigenvalue weighted by Gasteiger charge is 2.44. The molecule has 2 aromatic heterocycles. The molecule has 0 radical (unpaired) electrons. The summed E-state index contributed by atoms with van der Waals surface area (Å²) in [5.74, 6) is 0.965. The highest BCUT2D eigenvalue weighted by molar-refractivity contribution is 7.89. The van der Waals surface area contributed by atoms with Gasteiger partial charge in [0.25, 0.3) is 0 Å². The van der Waals surface area contributed by atoms with Gasteiger partial charge in [0, 0.05) is 31.2 Å². The average molecular weight is 388 g/mol. The van der Waals surface area contributed by atoms with E-state index in [-0.39, 0.29) is 29.2 Å². The number of H-pyrrole nitrogens is 1. The van der Waals surface area contributed by atoms with Crippen LogP contribution in [0.3, 0.4) is 0 Å². The summed E-state index contributed by atoms with van der Waals surface area (Å²) in [7, 11) is -1.35. The molecule has 2 saturated carbocycles. The van der Waals surface area contributed by atoms with E-state index in [0.29, 0.717) is 12.8 Å². The maximum absolute atomic E-state index is 12.5. The van der Waals surface area contributed by atoms with Gasteiger partial charge in [-0.15, -0.1) is 0 Å². The minimum Gasteiger partial charge on any atom is -0.356 e. The summed E-state index contributed by atoms with van der Waals surface area (Å²) >= 11 is 0. The minimum absolute atomic E-state index is 0.00469. The predicted molar refractivity (Wildman–Crippen MR) is 102 cm³/mol. The summed E-state index contributed by atoms with van der Waals surface area (Å²) in [5, 5.41) is 9.87. The zero-order valence-electron chi connectivity index (χ0n) is 15.5. The van der Waals surface area contributed by atoms with Crippen LogP contribution in [0.1, 0.15) is 32.6 Å². The van der Waals surface area contributed by atoms with Crippen molar-refractivity contribution in [2.75, 3.05) is 17.7 Å². The van der Waals surface area contributed by atoms with Gasteiger partial charge < -0.3 is 9.88 Å². The predicted octanol–water partition coefficient (Wildman–Crippen LogP) is 1.78. The Bertz CT molecular complexity index is 983. The molecular weight excluding hydrogens is 364 g/mol. The smallest absolute Gasteiger partial charge is 0.212 e. The van der Waals surface area contributed by atoms with Crippen LogP contribution in [0.4, 0.5) is 5.82 Å². The van der Waals surface area contributed by atoms with Gasteiger partial charge in [-0.2, -0.15) is 5.26 Å². The van der Waals surface area contributed by atoms with Gasteiger partial charge in [0.15, 0.2) is 0 Å². The van der Waals surface area contributed by atoms with Crippen molar-refractivity contribution in [1.29, 1.82) is 5.26 Å². The third-order valence-electron chi connectivity index (χ3n) is 5.87. The molecule has 0 unspecified atom stereocenters. The highest BCUT2D eigenvalue weighted by Crippen LogP contribution is 2.45. The average Bonchev–Trinajstić information content (AvgIpc) is 3.03. The Balaban J connectivity index is 1.33. The fraction of sp³-hybridized carbons (Fsp3) is 0.611. The first-order valence-electron chi connectivity index (χ1n) is 9.19. The van der Waals surface area contributed by atoms with E-state index in [1.807, 2.05) is 26.2 Å². The third-order valence-corrected chi connectivity index (χ3v) is 7.64. The van der Waals surface area contributed by atoms with Gasteiger partial charge in [-0.25, -0.2) is 23.1 Å². The van der Waals surface area contributed by atoms with Crippen LogP contribution < -0.4 is 9.62 Å². The fourth-order valence-electron chi connectivity index (χ4n) is 4.41. The van der Waals surface area contributed by atoms with Gasteiger partial charge in [-0.3, -0.25) is 0 Å². The molecule has 0 aromatic carbocycles. The number of fused-ring (bicyclic) bond motifs is 1. The molecule has 0 aliphatic heterocycles. The minimum atomic E-state index is -3.34. The zero-order chi connectivity index (χ0) is 19.2. The first-order valence-corrected chi connectivity index (χ1v) is 10.8. The second kappa shape index (κ2) is 6.46. The molecular formula is C18H24N6O2S. The summed E-state index contributed by atoms with van der Waals surface area (Å²) in [6.07, 6.45) is 6.22. The topological polar surface area (TPSA) is 115 Å². The molecule has 9 heteroatoms. The fourth-order valence-corrected chi connectivity index (χ4v) is 6.34. The van der Waals surface area contributed by atoms with Crippen LogP contribution in [0, 0.1) is 22.7 Å². The normalized spacial score (nSPS) is 30.3. The van der Waals surface area contributed by atoms with Crippen LogP contribution in [-0.2, 0) is 10.0 Å². The Morgan fingerprint density at radius 3 is 2.85 bits per heavy atom. The van der Waals surface area contributed by atoms with E-state index >= 15 is 0 Å². The van der Waals surface area contributed by atoms with Crippen molar-refractivity contribution in [2.24, 2.45) is 11.3 Å². The van der Waals surface area contributed by atoms with Crippen molar-refractivity contribution >= 4 is 26.9 Å². The van der Waals surface area contributed by atoms with Crippen molar-refractivity contribution in [1.82, 2.24) is 19.7 Å². The Morgan fingerprint density at radius 1 is 1.41 bits per heavy atom. The van der Waals surface area contributed by atoms with Gasteiger partial charge in [0.1, 0.15) is 17.8 Å². The summed E-state index contributed by atoms with van der Waals surface area (Å²) in [5.41, 5.74) is 0.528. The Morgan fingerprint density at radius 2 is 2.15 bits per heavy atom. The first-order chi connectivity index (χ1) is 12.8. The third kappa shape index (κ3) is 3.51. The summed E-state index contributed by atoms with van der Waals surface area (Å²) in [6, 6.07) is 4.37. The molecule has 4 rings (SSSR count). The number of hydrogen-bond acceptors (Lipinski definition) is 6. The molecule has 0 amide bonds. The van der Waals surface area contributed by atoms with Gasteiger partial charge in [-0.05, 0) is 37.2 Å². The number of rotatable bonds is 6. The van der Waals surface area contributed by atoms with E-state index in [9.17, 15) is 8.42 Å². The van der Waals surface area contributed by atoms with Crippen LogP contribution in [-0.4, -0.2) is 48.3 Å². The van der Waals surface area contributed by atoms with Gasteiger partial charge >= 0.3 is 0 Å². The maximum Gasteiger partial charge on any atom is 0.212 e. The van der Waals surface area contributed by atoms with E-state index < -0.39 is 10.0 Å². The van der Waals surface area contributed by atoms with Crippen LogP contribution in [0.5, 0.6) is 0 Å². The van der Waals surface area contributed by atoms with Crippen molar-refractivity contribution in [2.45, 2.75) is 44.7 Å². The molecule has 0 atom stereocenters. The van der Waals surface area contributed by atoms with Gasteiger partial charge in [0.05, 0.1) is 17.2 Å². The summed E-state index contributed by atoms with van der Waals surface area (Å²) in [6.45, 7) is 1.95. The molecule has 2 fully saturated rings. The maximum atomic E-state index is 12.5. The first kappa shape index (κ1) is 18.2. The molecule has 2 aliphatic carbocycles. The molecule has 144 valence electrons. The number of sulfonamides is 1. The summed E-state index contributed by atoms with van der Waals surface area (Å²) < 4.78 is 27.8. The van der Waals surface area contributed by atoms with Crippen molar-refractivity contribution < 1.29 is 8.42 Å². The highest BCUT2D eigenvalue weighted by atomic mass is 32.2. The number of anilines is 1. The Hall–Kier alpha value is -2.18. The van der Waals surface area contributed by atoms with Crippen LogP contribution in [0.15, 0.2) is 18.6 Å². The van der Waals surface area contributed by atoms with Crippen molar-refractivity contribution in [3.63, 3.8) is 0 Å². The van der Waals surface area contributed by atoms with Gasteiger partial charge in [-0.1, -0.05) is 6.92 Å². The van der Waals surface area contributed by atoms with Crippen molar-refractivity contribution in [3.05, 3.63) is 18.6 Å². The number of hydrogen-bond donors (Lipinski definition) is 2. The standard InChI is InChI=1S/C18H24N6O2S/c1-18(7-12(8-18)9-19)10-27(25,26)23-13-5-14(6-13)24(2)17-15-3-4-20-16(15)21-11-22-17/h3-4,11-14,23H,5-8,10H2,1-2H3,(H,20,21,22)/t12-,13-,14+,18+. The number of nitrogens with one attached hydrogen (secondary N) is 2. The molecule has 0 saturated heterocycles. The molecule has 2 heterocycles. The van der Waals surface area contributed by atoms with Crippen molar-refractivity contribution in [3.8, 4) is 6.07 Å². The quantitative estimate of drug-likeness (QED) is 0.779. The lowest BCUT2D eigenvalue weighted by molar-refractivity contribution is 0.139. The molecule has 2 aromatic rings. The van der Waals surface area contributed by atoms with E-state index in [4.69, 9.17) is 5.26 Å². The number of aromatic nitrogens is 3. The van der Waals surface area contributed by atoms with E-state index in [0.717, 1.165) is 29.7 Å². The number of nitriles is 1. The molecule has 0 spiro atoms. The second-order valence-corrected chi connectivity index (χ2v) is 10.0. The molecule has 27 heavy (non-hydrogen) atoms. The Kier molecular flexibility index (Phi) is 4.35. The molecule has 2 N–H and O–H groups in total. The molecule has 2 aliphatic rings.